The highest BCUT2D eigenvalue weighted by Gasteiger charge is 2.48. The van der Waals surface area contributed by atoms with Crippen molar-refractivity contribution < 1.29 is 9.53 Å². The maximum absolute atomic E-state index is 12.2. The summed E-state index contributed by atoms with van der Waals surface area (Å²) < 4.78 is 5.74. The van der Waals surface area contributed by atoms with Crippen LogP contribution in [0.15, 0.2) is 24.8 Å². The Morgan fingerprint density at radius 2 is 2.15 bits per heavy atom. The van der Waals surface area contributed by atoms with E-state index in [0.717, 1.165) is 18.6 Å². The topological polar surface area (TPSA) is 26.3 Å². The highest BCUT2D eigenvalue weighted by molar-refractivity contribution is 8.00. The Labute approximate surface area is 124 Å². The summed E-state index contributed by atoms with van der Waals surface area (Å²) in [4.78, 5) is 12.2. The van der Waals surface area contributed by atoms with E-state index < -0.39 is 0 Å². The Balaban J connectivity index is 1.97. The fourth-order valence-corrected chi connectivity index (χ4v) is 4.54. The van der Waals surface area contributed by atoms with Crippen molar-refractivity contribution in [3.8, 4) is 0 Å². The van der Waals surface area contributed by atoms with Crippen molar-refractivity contribution in [2.75, 3.05) is 5.75 Å². The summed E-state index contributed by atoms with van der Waals surface area (Å²) in [5.41, 5.74) is 5.24. The van der Waals surface area contributed by atoms with Gasteiger partial charge in [0.25, 0.3) is 0 Å². The number of rotatable bonds is 3. The molecule has 0 aromatic heterocycles. The summed E-state index contributed by atoms with van der Waals surface area (Å²) in [5.74, 6) is 1.09. The van der Waals surface area contributed by atoms with E-state index in [1.54, 1.807) is 11.8 Å². The molecule has 1 aromatic carbocycles. The number of fused-ring (bicyclic) bond motifs is 3. The molecule has 106 valence electrons. The van der Waals surface area contributed by atoms with Gasteiger partial charge in [-0.2, -0.15) is 0 Å². The van der Waals surface area contributed by atoms with Gasteiger partial charge in [-0.05, 0) is 48.9 Å². The van der Waals surface area contributed by atoms with Crippen LogP contribution in [0, 0.1) is 19.8 Å². The van der Waals surface area contributed by atoms with Gasteiger partial charge in [0.2, 0.25) is 0 Å². The summed E-state index contributed by atoms with van der Waals surface area (Å²) in [6, 6.07) is 4.32. The first-order valence-electron chi connectivity index (χ1n) is 7.15. The molecule has 1 aromatic rings. The first-order chi connectivity index (χ1) is 9.63. The Kier molecular flexibility index (Phi) is 3.63. The van der Waals surface area contributed by atoms with Crippen LogP contribution < -0.4 is 0 Å². The maximum atomic E-state index is 12.2. The summed E-state index contributed by atoms with van der Waals surface area (Å²) >= 11 is 1.67. The number of thioether (sulfide) groups is 1. The number of hydrogen-bond acceptors (Lipinski definition) is 3. The van der Waals surface area contributed by atoms with E-state index >= 15 is 0 Å². The minimum absolute atomic E-state index is 0.0222. The van der Waals surface area contributed by atoms with E-state index in [1.807, 2.05) is 6.08 Å². The van der Waals surface area contributed by atoms with Crippen LogP contribution in [0.25, 0.3) is 0 Å². The third-order valence-electron chi connectivity index (χ3n) is 4.47. The third kappa shape index (κ3) is 2.08. The molecule has 3 heteroatoms. The molecular formula is C17H20O2S. The molecule has 2 nitrogen and oxygen atoms in total. The van der Waals surface area contributed by atoms with E-state index in [9.17, 15) is 4.79 Å². The normalized spacial score (nSPS) is 27.7. The molecule has 20 heavy (non-hydrogen) atoms. The van der Waals surface area contributed by atoms with Gasteiger partial charge in [0.05, 0.1) is 0 Å². The second kappa shape index (κ2) is 5.28. The minimum Gasteiger partial charge on any atom is -0.456 e. The Morgan fingerprint density at radius 1 is 1.40 bits per heavy atom. The number of carbonyl (C=O) groups is 1. The zero-order chi connectivity index (χ0) is 14.3. The van der Waals surface area contributed by atoms with Crippen LogP contribution in [0.1, 0.15) is 34.8 Å². The molecule has 1 heterocycles. The van der Waals surface area contributed by atoms with Gasteiger partial charge in [0.1, 0.15) is 11.4 Å². The predicted molar refractivity (Wildman–Crippen MR) is 83.0 cm³/mol. The highest BCUT2D eigenvalue weighted by Crippen LogP contribution is 2.49. The number of aryl methyl sites for hydroxylation is 2. The second-order valence-electron chi connectivity index (χ2n) is 5.69. The molecule has 0 spiro atoms. The number of esters is 1. The lowest BCUT2D eigenvalue weighted by molar-refractivity contribution is -0.141. The highest BCUT2D eigenvalue weighted by atomic mass is 32.2. The molecule has 0 amide bonds. The number of benzene rings is 1. The molecule has 1 saturated heterocycles. The molecule has 2 aliphatic rings. The second-order valence-corrected chi connectivity index (χ2v) is 6.87. The number of ether oxygens (including phenoxy) is 1. The average Bonchev–Trinajstić information content (AvgIpc) is 2.76. The molecule has 0 saturated carbocycles. The SMILES string of the molecule is C=CCSC1C(=O)OC2c3c(C)ccc(C)c3CCC12. The molecule has 0 radical (unpaired) electrons. The summed E-state index contributed by atoms with van der Waals surface area (Å²) in [6.07, 6.45) is 3.93. The maximum Gasteiger partial charge on any atom is 0.320 e. The van der Waals surface area contributed by atoms with Gasteiger partial charge in [-0.3, -0.25) is 4.79 Å². The monoisotopic (exact) mass is 288 g/mol. The number of carbonyl (C=O) groups excluding carboxylic acids is 1. The first-order valence-corrected chi connectivity index (χ1v) is 8.20. The first kappa shape index (κ1) is 13.7. The smallest absolute Gasteiger partial charge is 0.320 e. The molecule has 1 aliphatic heterocycles. The van der Waals surface area contributed by atoms with Crippen molar-refractivity contribution in [1.82, 2.24) is 0 Å². The standard InChI is InChI=1S/C17H20O2S/c1-4-9-20-16-13-8-7-12-10(2)5-6-11(3)14(12)15(13)19-17(16)18/h4-6,13,15-16H,1,7-9H2,2-3H3. The molecule has 0 N–H and O–H groups in total. The zero-order valence-corrected chi connectivity index (χ0v) is 12.8. The average molecular weight is 288 g/mol. The Morgan fingerprint density at radius 3 is 2.90 bits per heavy atom. The quantitative estimate of drug-likeness (QED) is 0.626. The lowest BCUT2D eigenvalue weighted by Crippen LogP contribution is -2.25. The lowest BCUT2D eigenvalue weighted by Gasteiger charge is -2.30. The van der Waals surface area contributed by atoms with Crippen LogP contribution in [-0.2, 0) is 16.0 Å². The van der Waals surface area contributed by atoms with Crippen LogP contribution in [0.5, 0.6) is 0 Å². The van der Waals surface area contributed by atoms with Gasteiger partial charge in [0.15, 0.2) is 0 Å². The van der Waals surface area contributed by atoms with Crippen molar-refractivity contribution >= 4 is 17.7 Å². The van der Waals surface area contributed by atoms with E-state index in [0.29, 0.717) is 5.92 Å². The Hall–Kier alpha value is -1.22. The molecule has 3 atom stereocenters. The van der Waals surface area contributed by atoms with Crippen molar-refractivity contribution in [1.29, 1.82) is 0 Å². The van der Waals surface area contributed by atoms with Crippen LogP contribution in [-0.4, -0.2) is 17.0 Å². The van der Waals surface area contributed by atoms with Gasteiger partial charge >= 0.3 is 5.97 Å². The molecular weight excluding hydrogens is 268 g/mol. The van der Waals surface area contributed by atoms with Crippen LogP contribution in [0.3, 0.4) is 0 Å². The van der Waals surface area contributed by atoms with Gasteiger partial charge in [-0.25, -0.2) is 0 Å². The minimum atomic E-state index is -0.0411. The van der Waals surface area contributed by atoms with Crippen LogP contribution >= 0.6 is 11.8 Å². The van der Waals surface area contributed by atoms with Crippen molar-refractivity contribution in [3.63, 3.8) is 0 Å². The molecule has 3 rings (SSSR count). The zero-order valence-electron chi connectivity index (χ0n) is 12.0. The largest absolute Gasteiger partial charge is 0.456 e. The van der Waals surface area contributed by atoms with Gasteiger partial charge < -0.3 is 4.74 Å². The van der Waals surface area contributed by atoms with Crippen LogP contribution in [0.2, 0.25) is 0 Å². The fourth-order valence-electron chi connectivity index (χ4n) is 3.48. The van der Waals surface area contributed by atoms with E-state index in [1.165, 1.54) is 22.3 Å². The predicted octanol–water partition coefficient (Wildman–Crippen LogP) is 3.75. The van der Waals surface area contributed by atoms with Crippen molar-refractivity contribution in [2.45, 2.75) is 38.0 Å². The molecule has 3 unspecified atom stereocenters. The third-order valence-corrected chi connectivity index (χ3v) is 5.80. The fraction of sp³-hybridized carbons (Fsp3) is 0.471. The van der Waals surface area contributed by atoms with E-state index in [4.69, 9.17) is 4.74 Å². The Bertz CT molecular complexity index is 564. The van der Waals surface area contributed by atoms with Crippen LogP contribution in [0.4, 0.5) is 0 Å². The molecule has 1 fully saturated rings. The lowest BCUT2D eigenvalue weighted by atomic mass is 9.77. The van der Waals surface area contributed by atoms with Gasteiger partial charge in [-0.1, -0.05) is 18.2 Å². The number of hydrogen-bond donors (Lipinski definition) is 0. The van der Waals surface area contributed by atoms with Gasteiger partial charge in [0, 0.05) is 11.7 Å². The summed E-state index contributed by atoms with van der Waals surface area (Å²) in [5, 5.41) is -0.0222. The van der Waals surface area contributed by atoms with E-state index in [-0.39, 0.29) is 17.3 Å². The van der Waals surface area contributed by atoms with E-state index in [2.05, 4.69) is 32.6 Å². The van der Waals surface area contributed by atoms with Gasteiger partial charge in [-0.15, -0.1) is 18.3 Å². The van der Waals surface area contributed by atoms with Crippen molar-refractivity contribution in [2.24, 2.45) is 5.92 Å². The summed E-state index contributed by atoms with van der Waals surface area (Å²) in [6.45, 7) is 8.02. The van der Waals surface area contributed by atoms with Crippen molar-refractivity contribution in [3.05, 3.63) is 47.0 Å². The molecule has 1 aliphatic carbocycles. The molecule has 0 bridgehead atoms. The summed E-state index contributed by atoms with van der Waals surface area (Å²) in [7, 11) is 0.